The molecule has 0 aromatic carbocycles. The van der Waals surface area contributed by atoms with E-state index in [2.05, 4.69) is 20.4 Å². The van der Waals surface area contributed by atoms with Crippen LogP contribution in [0.3, 0.4) is 0 Å². The maximum absolute atomic E-state index is 12.5. The van der Waals surface area contributed by atoms with Crippen LogP contribution in [0, 0.1) is 6.92 Å². The van der Waals surface area contributed by atoms with Gasteiger partial charge in [-0.05, 0) is 30.7 Å². The fourth-order valence-corrected chi connectivity index (χ4v) is 3.54. The van der Waals surface area contributed by atoms with Crippen LogP contribution in [0.25, 0.3) is 11.2 Å². The standard InChI is InChI=1S/C21H18ClN7O/c1-14-2-3-20-26-17(11-28(20)9-14)12-29-10-15(7-25-29)21(30)23-8-18-19-6-16(22)4-5-27(19)13-24-18/h2-7,9-11,13H,8,12H2,1H3,(H,23,30). The number of hydrogen-bond donors (Lipinski definition) is 1. The van der Waals surface area contributed by atoms with Crippen molar-refractivity contribution in [3.63, 3.8) is 0 Å². The van der Waals surface area contributed by atoms with Crippen molar-refractivity contribution in [3.05, 3.63) is 89.1 Å². The summed E-state index contributed by atoms with van der Waals surface area (Å²) in [6.07, 6.45) is 10.8. The molecule has 9 heteroatoms. The van der Waals surface area contributed by atoms with Crippen molar-refractivity contribution in [2.45, 2.75) is 20.0 Å². The third kappa shape index (κ3) is 3.53. The summed E-state index contributed by atoms with van der Waals surface area (Å²) in [6, 6.07) is 7.62. The number of carbonyl (C=O) groups is 1. The predicted octanol–water partition coefficient (Wildman–Crippen LogP) is 3.12. The highest BCUT2D eigenvalue weighted by molar-refractivity contribution is 6.30. The Hall–Kier alpha value is -3.65. The summed E-state index contributed by atoms with van der Waals surface area (Å²) in [4.78, 5) is 21.5. The van der Waals surface area contributed by atoms with E-state index in [-0.39, 0.29) is 5.91 Å². The molecule has 5 heterocycles. The lowest BCUT2D eigenvalue weighted by molar-refractivity contribution is 0.0950. The second-order valence-corrected chi connectivity index (χ2v) is 7.58. The molecule has 0 saturated carbocycles. The van der Waals surface area contributed by atoms with Crippen molar-refractivity contribution in [1.29, 1.82) is 0 Å². The quantitative estimate of drug-likeness (QED) is 0.474. The second-order valence-electron chi connectivity index (χ2n) is 7.14. The van der Waals surface area contributed by atoms with Crippen LogP contribution >= 0.6 is 11.6 Å². The van der Waals surface area contributed by atoms with Crippen LogP contribution < -0.4 is 5.32 Å². The van der Waals surface area contributed by atoms with Gasteiger partial charge < -0.3 is 14.1 Å². The molecule has 150 valence electrons. The second kappa shape index (κ2) is 7.31. The van der Waals surface area contributed by atoms with Gasteiger partial charge in [0.15, 0.2) is 0 Å². The Morgan fingerprint density at radius 3 is 2.97 bits per heavy atom. The summed E-state index contributed by atoms with van der Waals surface area (Å²) in [5.41, 5.74) is 5.01. The Morgan fingerprint density at radius 2 is 2.07 bits per heavy atom. The number of fused-ring (bicyclic) bond motifs is 2. The first-order valence-electron chi connectivity index (χ1n) is 9.41. The molecule has 0 unspecified atom stereocenters. The average Bonchev–Trinajstić information content (AvgIpc) is 3.44. The number of hydrogen-bond acceptors (Lipinski definition) is 4. The van der Waals surface area contributed by atoms with Crippen molar-refractivity contribution in [2.75, 3.05) is 0 Å². The van der Waals surface area contributed by atoms with Gasteiger partial charge in [-0.2, -0.15) is 5.10 Å². The van der Waals surface area contributed by atoms with Gasteiger partial charge in [0, 0.05) is 29.8 Å². The molecule has 0 aliphatic rings. The first-order chi connectivity index (χ1) is 14.5. The van der Waals surface area contributed by atoms with E-state index in [9.17, 15) is 4.79 Å². The van der Waals surface area contributed by atoms with E-state index >= 15 is 0 Å². The molecule has 0 aliphatic heterocycles. The number of aryl methyl sites for hydroxylation is 1. The average molecular weight is 420 g/mol. The third-order valence-electron chi connectivity index (χ3n) is 4.87. The minimum atomic E-state index is -0.213. The number of halogens is 1. The SMILES string of the molecule is Cc1ccc2nc(Cn3cc(C(=O)NCc4ncn5ccc(Cl)cc45)cn3)cn2c1. The summed E-state index contributed by atoms with van der Waals surface area (Å²) >= 11 is 6.06. The molecule has 0 radical (unpaired) electrons. The molecule has 0 bridgehead atoms. The number of rotatable bonds is 5. The predicted molar refractivity (Wildman–Crippen MR) is 113 cm³/mol. The van der Waals surface area contributed by atoms with Gasteiger partial charge in [-0.15, -0.1) is 0 Å². The molecule has 8 nitrogen and oxygen atoms in total. The lowest BCUT2D eigenvalue weighted by Gasteiger charge is -2.02. The van der Waals surface area contributed by atoms with Gasteiger partial charge in [-0.25, -0.2) is 9.97 Å². The number of pyridine rings is 2. The van der Waals surface area contributed by atoms with Gasteiger partial charge in [-0.1, -0.05) is 17.7 Å². The number of nitrogens with one attached hydrogen (secondary N) is 1. The highest BCUT2D eigenvalue weighted by atomic mass is 35.5. The van der Waals surface area contributed by atoms with Gasteiger partial charge in [0.2, 0.25) is 0 Å². The highest BCUT2D eigenvalue weighted by Gasteiger charge is 2.12. The molecule has 1 amide bonds. The van der Waals surface area contributed by atoms with Crippen LogP contribution in [0.5, 0.6) is 0 Å². The largest absolute Gasteiger partial charge is 0.346 e. The van der Waals surface area contributed by atoms with E-state index in [1.54, 1.807) is 29.5 Å². The summed E-state index contributed by atoms with van der Waals surface area (Å²) in [6.45, 7) is 2.82. The molecule has 0 saturated heterocycles. The molecular formula is C21H18ClN7O. The Balaban J connectivity index is 1.27. The van der Waals surface area contributed by atoms with Crippen molar-refractivity contribution in [1.82, 2.24) is 33.9 Å². The van der Waals surface area contributed by atoms with Crippen molar-refractivity contribution in [2.24, 2.45) is 0 Å². The van der Waals surface area contributed by atoms with Crippen LogP contribution in [0.2, 0.25) is 5.02 Å². The molecule has 5 aromatic rings. The minimum Gasteiger partial charge on any atom is -0.346 e. The summed E-state index contributed by atoms with van der Waals surface area (Å²) < 4.78 is 5.56. The van der Waals surface area contributed by atoms with E-state index in [0.29, 0.717) is 23.7 Å². The first kappa shape index (κ1) is 18.4. The molecule has 0 atom stereocenters. The monoisotopic (exact) mass is 419 g/mol. The number of aromatic nitrogens is 6. The number of carbonyl (C=O) groups excluding carboxylic acids is 1. The fraction of sp³-hybridized carbons (Fsp3) is 0.143. The van der Waals surface area contributed by atoms with Crippen LogP contribution in [0.15, 0.2) is 61.6 Å². The van der Waals surface area contributed by atoms with Gasteiger partial charge in [0.1, 0.15) is 5.65 Å². The fourth-order valence-electron chi connectivity index (χ4n) is 3.38. The zero-order valence-electron chi connectivity index (χ0n) is 16.2. The minimum absolute atomic E-state index is 0.213. The van der Waals surface area contributed by atoms with E-state index in [1.807, 2.05) is 52.5 Å². The van der Waals surface area contributed by atoms with Crippen molar-refractivity contribution in [3.8, 4) is 0 Å². The highest BCUT2D eigenvalue weighted by Crippen LogP contribution is 2.16. The summed E-state index contributed by atoms with van der Waals surface area (Å²) in [5, 5.41) is 7.81. The number of amides is 1. The molecule has 5 rings (SSSR count). The van der Waals surface area contributed by atoms with E-state index in [4.69, 9.17) is 11.6 Å². The first-order valence-corrected chi connectivity index (χ1v) is 9.79. The Kier molecular flexibility index (Phi) is 4.48. The summed E-state index contributed by atoms with van der Waals surface area (Å²) in [7, 11) is 0. The lowest BCUT2D eigenvalue weighted by atomic mass is 10.3. The molecule has 5 aromatic heterocycles. The molecule has 0 fully saturated rings. The number of nitrogens with zero attached hydrogens (tertiary/aromatic N) is 6. The third-order valence-corrected chi connectivity index (χ3v) is 5.10. The van der Waals surface area contributed by atoms with Crippen LogP contribution in [-0.4, -0.2) is 34.5 Å². The lowest BCUT2D eigenvalue weighted by Crippen LogP contribution is -2.22. The normalized spacial score (nSPS) is 11.4. The maximum atomic E-state index is 12.5. The van der Waals surface area contributed by atoms with Gasteiger partial charge in [0.05, 0.1) is 48.1 Å². The van der Waals surface area contributed by atoms with Gasteiger partial charge >= 0.3 is 0 Å². The summed E-state index contributed by atoms with van der Waals surface area (Å²) in [5.74, 6) is -0.213. The number of imidazole rings is 2. The van der Waals surface area contributed by atoms with Gasteiger partial charge in [0.25, 0.3) is 5.91 Å². The van der Waals surface area contributed by atoms with E-state index in [1.165, 1.54) is 0 Å². The maximum Gasteiger partial charge on any atom is 0.254 e. The van der Waals surface area contributed by atoms with E-state index < -0.39 is 0 Å². The van der Waals surface area contributed by atoms with Crippen LogP contribution in [0.4, 0.5) is 0 Å². The van der Waals surface area contributed by atoms with Crippen molar-refractivity contribution >= 4 is 28.7 Å². The topological polar surface area (TPSA) is 81.5 Å². The Bertz CT molecular complexity index is 1380. The van der Waals surface area contributed by atoms with Crippen molar-refractivity contribution < 1.29 is 4.79 Å². The zero-order valence-corrected chi connectivity index (χ0v) is 16.9. The zero-order chi connectivity index (χ0) is 20.7. The Labute approximate surface area is 176 Å². The molecule has 0 spiro atoms. The van der Waals surface area contributed by atoms with Gasteiger partial charge in [-0.3, -0.25) is 9.48 Å². The molecule has 0 aliphatic carbocycles. The Morgan fingerprint density at radius 1 is 1.17 bits per heavy atom. The van der Waals surface area contributed by atoms with Crippen LogP contribution in [-0.2, 0) is 13.1 Å². The molecule has 1 N–H and O–H groups in total. The van der Waals surface area contributed by atoms with Crippen LogP contribution in [0.1, 0.15) is 27.3 Å². The molecular weight excluding hydrogens is 402 g/mol. The van der Waals surface area contributed by atoms with E-state index in [0.717, 1.165) is 28.1 Å². The smallest absolute Gasteiger partial charge is 0.254 e. The molecule has 30 heavy (non-hydrogen) atoms.